The molecule has 0 fully saturated rings. The maximum Gasteiger partial charge on any atom is 0.0662 e. The summed E-state index contributed by atoms with van der Waals surface area (Å²) in [6, 6.07) is 0. The zero-order chi connectivity index (χ0) is 15.8. The Morgan fingerprint density at radius 1 is 0.579 bits per heavy atom. The molecule has 5 heteroatoms. The lowest BCUT2D eigenvalue weighted by molar-refractivity contribution is 0.162. The van der Waals surface area contributed by atoms with Gasteiger partial charge in [0, 0.05) is 13.2 Å². The Balaban J connectivity index is -0.0000000803. The maximum absolute atomic E-state index is 7.62. The first-order valence-corrected chi connectivity index (χ1v) is 7.17. The Morgan fingerprint density at radius 3 is 0.895 bits per heavy atom. The van der Waals surface area contributed by atoms with E-state index in [9.17, 15) is 0 Å². The number of ether oxygens (including phenoxy) is 1. The van der Waals surface area contributed by atoms with Gasteiger partial charge in [0.2, 0.25) is 0 Å². The molecule has 0 bridgehead atoms. The number of hydrogen-bond acceptors (Lipinski definition) is 5. The van der Waals surface area contributed by atoms with Crippen LogP contribution in [0.2, 0.25) is 0 Å². The highest BCUT2D eigenvalue weighted by molar-refractivity contribution is 4.31. The Hall–Kier alpha value is -0.200. The molecule has 0 aromatic rings. The summed E-state index contributed by atoms with van der Waals surface area (Å²) in [4.78, 5) is 0. The standard InChI is InChI=1S/C6H14.C4H10O.2C2H6O2/c1-3-5-6-4-2;1-3-5-4-2;2*3-1-2-4/h3-6H2,1-2H3;3-4H2,1-2H3;2*3-4H,1-2H2. The molecule has 4 N–H and O–H groups in total. The summed E-state index contributed by atoms with van der Waals surface area (Å²) in [7, 11) is 0. The van der Waals surface area contributed by atoms with E-state index in [1.165, 1.54) is 25.7 Å². The zero-order valence-electron chi connectivity index (χ0n) is 13.3. The molecule has 0 saturated carbocycles. The van der Waals surface area contributed by atoms with Crippen molar-refractivity contribution in [1.29, 1.82) is 0 Å². The minimum atomic E-state index is -0.125. The van der Waals surface area contributed by atoms with E-state index < -0.39 is 0 Å². The second kappa shape index (κ2) is 43.1. The molecule has 19 heavy (non-hydrogen) atoms. The molecule has 0 saturated heterocycles. The summed E-state index contributed by atoms with van der Waals surface area (Å²) in [5.41, 5.74) is 0. The fourth-order valence-corrected chi connectivity index (χ4v) is 0.704. The molecule has 0 aliphatic rings. The van der Waals surface area contributed by atoms with Gasteiger partial charge in [0.25, 0.3) is 0 Å². The van der Waals surface area contributed by atoms with Gasteiger partial charge in [-0.25, -0.2) is 0 Å². The number of rotatable bonds is 7. The van der Waals surface area contributed by atoms with Gasteiger partial charge in [-0.15, -0.1) is 0 Å². The first-order valence-electron chi connectivity index (χ1n) is 7.17. The molecule has 0 aliphatic heterocycles. The van der Waals surface area contributed by atoms with Gasteiger partial charge in [0.15, 0.2) is 0 Å². The molecule has 0 atom stereocenters. The van der Waals surface area contributed by atoms with E-state index >= 15 is 0 Å². The molecule has 0 aromatic carbocycles. The Morgan fingerprint density at radius 2 is 0.842 bits per heavy atom. The molecule has 0 spiro atoms. The van der Waals surface area contributed by atoms with Crippen LogP contribution in [-0.4, -0.2) is 60.1 Å². The monoisotopic (exact) mass is 284 g/mol. The van der Waals surface area contributed by atoms with Gasteiger partial charge in [-0.05, 0) is 13.8 Å². The summed E-state index contributed by atoms with van der Waals surface area (Å²) in [5, 5.41) is 30.5. The van der Waals surface area contributed by atoms with Crippen LogP contribution in [0, 0.1) is 0 Å². The largest absolute Gasteiger partial charge is 0.394 e. The second-order valence-corrected chi connectivity index (χ2v) is 3.38. The molecule has 0 rings (SSSR count). The molecule has 5 nitrogen and oxygen atoms in total. The second-order valence-electron chi connectivity index (χ2n) is 3.38. The van der Waals surface area contributed by atoms with E-state index in [2.05, 4.69) is 13.8 Å². The van der Waals surface area contributed by atoms with Crippen molar-refractivity contribution in [3.05, 3.63) is 0 Å². The predicted molar refractivity (Wildman–Crippen MR) is 80.3 cm³/mol. The van der Waals surface area contributed by atoms with Gasteiger partial charge in [0.05, 0.1) is 26.4 Å². The van der Waals surface area contributed by atoms with Gasteiger partial charge >= 0.3 is 0 Å². The van der Waals surface area contributed by atoms with E-state index in [1.807, 2.05) is 13.8 Å². The van der Waals surface area contributed by atoms with Crippen LogP contribution in [0.4, 0.5) is 0 Å². The Kier molecular flexibility index (Phi) is 61.6. The van der Waals surface area contributed by atoms with Gasteiger partial charge in [-0.3, -0.25) is 0 Å². The summed E-state index contributed by atoms with van der Waals surface area (Å²) < 4.78 is 4.83. The molecule has 0 aromatic heterocycles. The van der Waals surface area contributed by atoms with Crippen LogP contribution >= 0.6 is 0 Å². The Bertz CT molecular complexity index is 77.9. The zero-order valence-corrected chi connectivity index (χ0v) is 13.3. The highest BCUT2D eigenvalue weighted by atomic mass is 16.5. The number of aliphatic hydroxyl groups is 4. The molecule has 0 amide bonds. The predicted octanol–water partition coefficient (Wildman–Crippen LogP) is 1.57. The first-order chi connectivity index (χ1) is 9.16. The van der Waals surface area contributed by atoms with Crippen LogP contribution in [0.25, 0.3) is 0 Å². The first kappa shape index (κ1) is 27.2. The molecular formula is C14H36O5. The van der Waals surface area contributed by atoms with Crippen LogP contribution in [-0.2, 0) is 4.74 Å². The van der Waals surface area contributed by atoms with E-state index in [1.54, 1.807) is 0 Å². The van der Waals surface area contributed by atoms with Crippen molar-refractivity contribution in [3.63, 3.8) is 0 Å². The smallest absolute Gasteiger partial charge is 0.0662 e. The maximum atomic E-state index is 7.62. The quantitative estimate of drug-likeness (QED) is 0.533. The highest BCUT2D eigenvalue weighted by Gasteiger charge is 1.75. The summed E-state index contributed by atoms with van der Waals surface area (Å²) >= 11 is 0. The van der Waals surface area contributed by atoms with Gasteiger partial charge in [-0.1, -0.05) is 39.5 Å². The van der Waals surface area contributed by atoms with Gasteiger partial charge in [0.1, 0.15) is 0 Å². The normalized spacial score (nSPS) is 8.21. The van der Waals surface area contributed by atoms with Crippen molar-refractivity contribution in [2.45, 2.75) is 53.4 Å². The third-order valence-corrected chi connectivity index (χ3v) is 1.57. The van der Waals surface area contributed by atoms with Crippen LogP contribution in [0.15, 0.2) is 0 Å². The van der Waals surface area contributed by atoms with E-state index in [4.69, 9.17) is 25.2 Å². The van der Waals surface area contributed by atoms with E-state index in [-0.39, 0.29) is 26.4 Å². The van der Waals surface area contributed by atoms with Crippen molar-refractivity contribution >= 4 is 0 Å². The highest BCUT2D eigenvalue weighted by Crippen LogP contribution is 1.95. The van der Waals surface area contributed by atoms with Crippen molar-refractivity contribution < 1.29 is 25.2 Å². The van der Waals surface area contributed by atoms with Crippen molar-refractivity contribution in [2.75, 3.05) is 39.6 Å². The average molecular weight is 284 g/mol. The molecule has 0 heterocycles. The van der Waals surface area contributed by atoms with Crippen LogP contribution in [0.3, 0.4) is 0 Å². The lowest BCUT2D eigenvalue weighted by Crippen LogP contribution is -1.85. The number of hydrogen-bond donors (Lipinski definition) is 4. The summed E-state index contributed by atoms with van der Waals surface area (Å²) in [5.74, 6) is 0. The fourth-order valence-electron chi connectivity index (χ4n) is 0.704. The van der Waals surface area contributed by atoms with Crippen LogP contribution in [0.5, 0.6) is 0 Å². The fraction of sp³-hybridized carbons (Fsp3) is 1.00. The minimum absolute atomic E-state index is 0.125. The topological polar surface area (TPSA) is 90.2 Å². The number of aliphatic hydroxyl groups excluding tert-OH is 4. The Labute approximate surface area is 119 Å². The lowest BCUT2D eigenvalue weighted by Gasteiger charge is -1.86. The molecular weight excluding hydrogens is 248 g/mol. The van der Waals surface area contributed by atoms with E-state index in [0.717, 1.165) is 13.2 Å². The van der Waals surface area contributed by atoms with Crippen molar-refractivity contribution in [1.82, 2.24) is 0 Å². The van der Waals surface area contributed by atoms with Crippen LogP contribution in [0.1, 0.15) is 53.4 Å². The van der Waals surface area contributed by atoms with Gasteiger partial charge < -0.3 is 25.2 Å². The third kappa shape index (κ3) is 96.1. The lowest BCUT2D eigenvalue weighted by atomic mass is 10.2. The third-order valence-electron chi connectivity index (χ3n) is 1.57. The summed E-state index contributed by atoms with van der Waals surface area (Å²) in [6.07, 6.45) is 5.54. The molecule has 0 radical (unpaired) electrons. The summed E-state index contributed by atoms with van der Waals surface area (Å²) in [6.45, 7) is 9.63. The SMILES string of the molecule is CCCCCC.CCOCC.OCCO.OCCO. The van der Waals surface area contributed by atoms with Crippen molar-refractivity contribution in [2.24, 2.45) is 0 Å². The number of unbranched alkanes of at least 4 members (excludes halogenated alkanes) is 3. The average Bonchev–Trinajstić information content (AvgIpc) is 2.47. The minimum Gasteiger partial charge on any atom is -0.394 e. The molecule has 122 valence electrons. The van der Waals surface area contributed by atoms with Gasteiger partial charge in [-0.2, -0.15) is 0 Å². The molecule has 0 unspecified atom stereocenters. The van der Waals surface area contributed by atoms with E-state index in [0.29, 0.717) is 0 Å². The van der Waals surface area contributed by atoms with Crippen molar-refractivity contribution in [3.8, 4) is 0 Å². The molecule has 0 aliphatic carbocycles. The van der Waals surface area contributed by atoms with Crippen LogP contribution < -0.4 is 0 Å².